The van der Waals surface area contributed by atoms with E-state index in [1.807, 2.05) is 31.2 Å². The van der Waals surface area contributed by atoms with Crippen molar-refractivity contribution in [2.45, 2.75) is 38.6 Å². The first-order valence-electron chi connectivity index (χ1n) is 6.96. The van der Waals surface area contributed by atoms with Crippen LogP contribution in [0.15, 0.2) is 24.3 Å². The Labute approximate surface area is 118 Å². The summed E-state index contributed by atoms with van der Waals surface area (Å²) in [4.78, 5) is 24.4. The number of para-hydroxylation sites is 1. The highest BCUT2D eigenvalue weighted by Gasteiger charge is 2.30. The van der Waals surface area contributed by atoms with E-state index in [-0.39, 0.29) is 18.5 Å². The second-order valence-electron chi connectivity index (χ2n) is 5.13. The normalized spacial score (nSPS) is 16.9. The van der Waals surface area contributed by atoms with E-state index >= 15 is 0 Å². The maximum Gasteiger partial charge on any atom is 0.322 e. The van der Waals surface area contributed by atoms with Crippen LogP contribution in [0.4, 0.5) is 10.5 Å². The summed E-state index contributed by atoms with van der Waals surface area (Å²) in [7, 11) is 0. The number of aliphatic carboxylic acids is 1. The number of carbonyl (C=O) groups is 2. The largest absolute Gasteiger partial charge is 0.481 e. The van der Waals surface area contributed by atoms with Gasteiger partial charge in [0.2, 0.25) is 0 Å². The van der Waals surface area contributed by atoms with Gasteiger partial charge in [0.25, 0.3) is 0 Å². The number of anilines is 1. The van der Waals surface area contributed by atoms with Gasteiger partial charge in [-0.15, -0.1) is 0 Å². The summed E-state index contributed by atoms with van der Waals surface area (Å²) in [6.45, 7) is 2.54. The van der Waals surface area contributed by atoms with Crippen LogP contribution >= 0.6 is 0 Å². The fourth-order valence-corrected chi connectivity index (χ4v) is 2.56. The highest BCUT2D eigenvalue weighted by Crippen LogP contribution is 2.31. The molecule has 108 valence electrons. The Kier molecular flexibility index (Phi) is 4.61. The zero-order valence-corrected chi connectivity index (χ0v) is 11.6. The monoisotopic (exact) mass is 276 g/mol. The van der Waals surface area contributed by atoms with Crippen molar-refractivity contribution in [3.63, 3.8) is 0 Å². The highest BCUT2D eigenvalue weighted by molar-refractivity contribution is 5.94. The molecular formula is C15H20N2O3. The molecule has 5 heteroatoms. The van der Waals surface area contributed by atoms with Crippen LogP contribution in [0.2, 0.25) is 0 Å². The summed E-state index contributed by atoms with van der Waals surface area (Å²) in [6, 6.07) is 7.99. The van der Waals surface area contributed by atoms with E-state index < -0.39 is 5.97 Å². The van der Waals surface area contributed by atoms with Crippen LogP contribution < -0.4 is 10.2 Å². The molecule has 20 heavy (non-hydrogen) atoms. The van der Waals surface area contributed by atoms with Crippen LogP contribution in [-0.4, -0.2) is 29.7 Å². The molecule has 0 bridgehead atoms. The van der Waals surface area contributed by atoms with Crippen molar-refractivity contribution >= 4 is 17.7 Å². The molecule has 0 saturated heterocycles. The quantitative estimate of drug-likeness (QED) is 0.811. The Balaban J connectivity index is 1.85. The molecule has 2 rings (SSSR count). The van der Waals surface area contributed by atoms with Crippen molar-refractivity contribution in [2.75, 3.05) is 11.4 Å². The van der Waals surface area contributed by atoms with Gasteiger partial charge in [-0.2, -0.15) is 0 Å². The second-order valence-corrected chi connectivity index (χ2v) is 5.13. The molecule has 1 unspecified atom stereocenters. The molecule has 0 aliphatic carbocycles. The number of nitrogens with zero attached hydrogens (tertiary/aromatic N) is 1. The smallest absolute Gasteiger partial charge is 0.322 e. The lowest BCUT2D eigenvalue weighted by molar-refractivity contribution is -0.137. The van der Waals surface area contributed by atoms with E-state index in [1.165, 1.54) is 5.56 Å². The first kappa shape index (κ1) is 14.4. The Bertz CT molecular complexity index is 502. The summed E-state index contributed by atoms with van der Waals surface area (Å²) in [6.07, 6.45) is 2.30. The topological polar surface area (TPSA) is 69.6 Å². The molecule has 0 fully saturated rings. The molecule has 5 nitrogen and oxygen atoms in total. The third kappa shape index (κ3) is 3.29. The number of carbonyl (C=O) groups excluding carboxylic acids is 1. The van der Waals surface area contributed by atoms with Gasteiger partial charge in [0.1, 0.15) is 0 Å². The Morgan fingerprint density at radius 2 is 2.10 bits per heavy atom. The number of carboxylic acids is 1. The van der Waals surface area contributed by atoms with Crippen molar-refractivity contribution in [1.82, 2.24) is 5.32 Å². The van der Waals surface area contributed by atoms with Gasteiger partial charge in [-0.25, -0.2) is 4.79 Å². The van der Waals surface area contributed by atoms with Gasteiger partial charge in [0, 0.05) is 24.7 Å². The zero-order chi connectivity index (χ0) is 14.5. The van der Waals surface area contributed by atoms with Crippen molar-refractivity contribution < 1.29 is 14.7 Å². The van der Waals surface area contributed by atoms with E-state index in [2.05, 4.69) is 5.32 Å². The Morgan fingerprint density at radius 3 is 2.85 bits per heavy atom. The zero-order valence-electron chi connectivity index (χ0n) is 11.6. The number of benzene rings is 1. The van der Waals surface area contributed by atoms with Gasteiger partial charge in [0.05, 0.1) is 0 Å². The SMILES string of the molecule is CC1Cc2ccccc2N1C(=O)NCCCCC(=O)O. The van der Waals surface area contributed by atoms with Crippen molar-refractivity contribution in [3.05, 3.63) is 29.8 Å². The van der Waals surface area contributed by atoms with Gasteiger partial charge in [-0.1, -0.05) is 18.2 Å². The molecule has 1 aromatic carbocycles. The summed E-state index contributed by atoms with van der Waals surface area (Å²) >= 11 is 0. The molecular weight excluding hydrogens is 256 g/mol. The fourth-order valence-electron chi connectivity index (χ4n) is 2.56. The average molecular weight is 276 g/mol. The highest BCUT2D eigenvalue weighted by atomic mass is 16.4. The minimum absolute atomic E-state index is 0.0993. The van der Waals surface area contributed by atoms with Crippen LogP contribution in [0, 0.1) is 0 Å². The van der Waals surface area contributed by atoms with Crippen LogP contribution in [0.25, 0.3) is 0 Å². The molecule has 1 aliphatic rings. The third-order valence-corrected chi connectivity index (χ3v) is 3.52. The molecule has 1 aromatic rings. The van der Waals surface area contributed by atoms with E-state index in [1.54, 1.807) is 4.90 Å². The third-order valence-electron chi connectivity index (χ3n) is 3.52. The molecule has 0 aromatic heterocycles. The summed E-state index contributed by atoms with van der Waals surface area (Å²) in [5, 5.41) is 11.4. The Hall–Kier alpha value is -2.04. The van der Waals surface area contributed by atoms with Crippen molar-refractivity contribution in [3.8, 4) is 0 Å². The minimum Gasteiger partial charge on any atom is -0.481 e. The number of rotatable bonds is 5. The number of hydrogen-bond acceptors (Lipinski definition) is 2. The number of hydrogen-bond donors (Lipinski definition) is 2. The number of fused-ring (bicyclic) bond motifs is 1. The van der Waals surface area contributed by atoms with Crippen molar-refractivity contribution in [2.24, 2.45) is 0 Å². The predicted octanol–water partition coefficient (Wildman–Crippen LogP) is 2.40. The van der Waals surface area contributed by atoms with Gasteiger partial charge in [0.15, 0.2) is 0 Å². The standard InChI is InChI=1S/C15H20N2O3/c1-11-10-12-6-2-3-7-13(12)17(11)15(20)16-9-5-4-8-14(18)19/h2-3,6-7,11H,4-5,8-10H2,1H3,(H,16,20)(H,18,19). The van der Waals surface area contributed by atoms with Crippen molar-refractivity contribution in [1.29, 1.82) is 0 Å². The number of urea groups is 1. The van der Waals surface area contributed by atoms with E-state index in [0.29, 0.717) is 19.4 Å². The molecule has 0 spiro atoms. The predicted molar refractivity (Wildman–Crippen MR) is 77.0 cm³/mol. The summed E-state index contributed by atoms with van der Waals surface area (Å²) in [5.41, 5.74) is 2.17. The average Bonchev–Trinajstić information content (AvgIpc) is 2.73. The van der Waals surface area contributed by atoms with Gasteiger partial charge < -0.3 is 10.4 Å². The van der Waals surface area contributed by atoms with E-state index in [4.69, 9.17) is 5.11 Å². The molecule has 1 heterocycles. The molecule has 1 atom stereocenters. The Morgan fingerprint density at radius 1 is 1.35 bits per heavy atom. The van der Waals surface area contributed by atoms with Crippen LogP contribution in [0.3, 0.4) is 0 Å². The first-order chi connectivity index (χ1) is 9.59. The first-order valence-corrected chi connectivity index (χ1v) is 6.96. The van der Waals surface area contributed by atoms with Gasteiger partial charge in [-0.3, -0.25) is 9.69 Å². The lowest BCUT2D eigenvalue weighted by Crippen LogP contribution is -2.43. The number of nitrogens with one attached hydrogen (secondary N) is 1. The second kappa shape index (κ2) is 6.41. The van der Waals surface area contributed by atoms with E-state index in [9.17, 15) is 9.59 Å². The molecule has 2 N–H and O–H groups in total. The van der Waals surface area contributed by atoms with Crippen LogP contribution in [-0.2, 0) is 11.2 Å². The molecule has 0 radical (unpaired) electrons. The number of carboxylic acid groups (broad SMARTS) is 1. The molecule has 0 saturated carbocycles. The number of unbranched alkanes of at least 4 members (excludes halogenated alkanes) is 1. The minimum atomic E-state index is -0.793. The molecule has 2 amide bonds. The summed E-state index contributed by atoms with van der Waals surface area (Å²) < 4.78 is 0. The maximum atomic E-state index is 12.2. The van der Waals surface area contributed by atoms with Crippen LogP contribution in [0.1, 0.15) is 31.7 Å². The maximum absolute atomic E-state index is 12.2. The number of amides is 2. The lowest BCUT2D eigenvalue weighted by atomic mass is 10.1. The summed E-state index contributed by atoms with van der Waals surface area (Å²) in [5.74, 6) is -0.793. The van der Waals surface area contributed by atoms with Crippen LogP contribution in [0.5, 0.6) is 0 Å². The fraction of sp³-hybridized carbons (Fsp3) is 0.467. The lowest BCUT2D eigenvalue weighted by Gasteiger charge is -2.23. The van der Waals surface area contributed by atoms with Gasteiger partial charge in [-0.05, 0) is 37.8 Å². The van der Waals surface area contributed by atoms with Gasteiger partial charge >= 0.3 is 12.0 Å². The molecule has 1 aliphatic heterocycles. The van der Waals surface area contributed by atoms with E-state index in [0.717, 1.165) is 12.1 Å².